The van der Waals surface area contributed by atoms with Crippen LogP contribution in [0, 0.1) is 0 Å². The number of rotatable bonds is 3. The van der Waals surface area contributed by atoms with Crippen LogP contribution in [0.15, 0.2) is 4.99 Å². The second-order valence-corrected chi connectivity index (χ2v) is 8.33. The fraction of sp³-hybridized carbons (Fsp3) is 0.941. The van der Waals surface area contributed by atoms with E-state index in [1.54, 1.807) is 0 Å². The topological polar surface area (TPSA) is 44.9 Å². The maximum atomic E-state index is 6.30. The third-order valence-corrected chi connectivity index (χ3v) is 6.62. The summed E-state index contributed by atoms with van der Waals surface area (Å²) in [7, 11) is 0. The fourth-order valence-electron chi connectivity index (χ4n) is 4.27. The van der Waals surface area contributed by atoms with Crippen LogP contribution >= 0.6 is 11.8 Å². The molecule has 2 heterocycles. The summed E-state index contributed by atoms with van der Waals surface area (Å²) < 4.78 is 0. The van der Waals surface area contributed by atoms with Gasteiger partial charge < -0.3 is 10.6 Å². The Kier molecular flexibility index (Phi) is 5.91. The molecule has 0 radical (unpaired) electrons. The number of nitrogens with zero attached hydrogens (tertiary/aromatic N) is 3. The van der Waals surface area contributed by atoms with E-state index in [1.165, 1.54) is 76.0 Å². The van der Waals surface area contributed by atoms with Gasteiger partial charge in [0.25, 0.3) is 0 Å². The van der Waals surface area contributed by atoms with Crippen LogP contribution in [-0.2, 0) is 0 Å². The van der Waals surface area contributed by atoms with Crippen molar-refractivity contribution >= 4 is 17.7 Å². The van der Waals surface area contributed by atoms with Crippen LogP contribution in [0.25, 0.3) is 0 Å². The normalized spacial score (nSPS) is 27.8. The molecule has 3 rings (SSSR count). The molecule has 0 bridgehead atoms. The first-order valence-corrected chi connectivity index (χ1v) is 10.3. The van der Waals surface area contributed by atoms with Crippen LogP contribution in [0.4, 0.5) is 0 Å². The van der Waals surface area contributed by atoms with Gasteiger partial charge in [0.15, 0.2) is 5.96 Å². The van der Waals surface area contributed by atoms with Crippen LogP contribution < -0.4 is 5.73 Å². The van der Waals surface area contributed by atoms with Crippen LogP contribution in [0.3, 0.4) is 0 Å². The molecule has 1 aliphatic carbocycles. The third kappa shape index (κ3) is 3.91. The van der Waals surface area contributed by atoms with E-state index < -0.39 is 0 Å². The third-order valence-electron chi connectivity index (χ3n) is 5.68. The monoisotopic (exact) mass is 324 g/mol. The van der Waals surface area contributed by atoms with E-state index in [4.69, 9.17) is 10.7 Å². The molecule has 0 aromatic carbocycles. The fourth-order valence-corrected chi connectivity index (χ4v) is 5.18. The predicted octanol–water partition coefficient (Wildman–Crippen LogP) is 2.54. The average molecular weight is 325 g/mol. The minimum absolute atomic E-state index is 0.313. The molecule has 3 fully saturated rings. The lowest BCUT2D eigenvalue weighted by atomic mass is 9.79. The Balaban J connectivity index is 1.66. The van der Waals surface area contributed by atoms with E-state index in [-0.39, 0.29) is 0 Å². The average Bonchev–Trinajstić information content (AvgIpc) is 2.62. The number of piperidine rings is 1. The number of likely N-dealkylation sites (tertiary alicyclic amines) is 1. The number of aliphatic imine (C=N–C) groups is 1. The van der Waals surface area contributed by atoms with Crippen molar-refractivity contribution in [2.45, 2.75) is 56.9 Å². The molecule has 0 spiro atoms. The Labute approximate surface area is 139 Å². The van der Waals surface area contributed by atoms with E-state index in [1.807, 2.05) is 11.8 Å². The van der Waals surface area contributed by atoms with E-state index in [2.05, 4.69) is 9.80 Å². The van der Waals surface area contributed by atoms with Crippen LogP contribution in [0.5, 0.6) is 0 Å². The second kappa shape index (κ2) is 7.91. The lowest BCUT2D eigenvalue weighted by Gasteiger charge is -2.47. The standard InChI is InChI=1S/C17H32N4S/c18-16(20-11-13-22-14-12-20)19-15-17(7-3-1-4-8-17)21-9-5-2-6-10-21/h1-15H2,(H2,18,19). The van der Waals surface area contributed by atoms with Gasteiger partial charge in [0.2, 0.25) is 0 Å². The summed E-state index contributed by atoms with van der Waals surface area (Å²) in [5.74, 6) is 3.17. The van der Waals surface area contributed by atoms with Gasteiger partial charge in [-0.05, 0) is 38.8 Å². The van der Waals surface area contributed by atoms with Crippen molar-refractivity contribution < 1.29 is 0 Å². The highest BCUT2D eigenvalue weighted by Crippen LogP contribution is 2.35. The summed E-state index contributed by atoms with van der Waals surface area (Å²) >= 11 is 2.02. The molecule has 2 aliphatic heterocycles. The van der Waals surface area contributed by atoms with Gasteiger partial charge in [-0.2, -0.15) is 11.8 Å². The summed E-state index contributed by atoms with van der Waals surface area (Å²) in [5, 5.41) is 0. The Morgan fingerprint density at radius 3 is 2.23 bits per heavy atom. The Morgan fingerprint density at radius 1 is 0.909 bits per heavy atom. The molecule has 0 unspecified atom stereocenters. The van der Waals surface area contributed by atoms with Crippen LogP contribution in [0.2, 0.25) is 0 Å². The van der Waals surface area contributed by atoms with Crippen molar-refractivity contribution in [1.29, 1.82) is 0 Å². The Bertz CT molecular complexity index is 367. The minimum Gasteiger partial charge on any atom is -0.370 e. The predicted molar refractivity (Wildman–Crippen MR) is 96.6 cm³/mol. The molecule has 2 N–H and O–H groups in total. The molecule has 1 saturated carbocycles. The maximum Gasteiger partial charge on any atom is 0.191 e. The quantitative estimate of drug-likeness (QED) is 0.640. The molecule has 0 amide bonds. The van der Waals surface area contributed by atoms with E-state index in [0.29, 0.717) is 5.54 Å². The smallest absolute Gasteiger partial charge is 0.191 e. The van der Waals surface area contributed by atoms with Crippen molar-refractivity contribution in [2.75, 3.05) is 44.2 Å². The summed E-state index contributed by atoms with van der Waals surface area (Å²) in [4.78, 5) is 9.93. The van der Waals surface area contributed by atoms with Gasteiger partial charge in [-0.25, -0.2) is 0 Å². The molecule has 3 aliphatic rings. The number of nitrogens with two attached hydrogens (primary N) is 1. The highest BCUT2D eigenvalue weighted by molar-refractivity contribution is 7.99. The van der Waals surface area contributed by atoms with Crippen LogP contribution in [0.1, 0.15) is 51.4 Å². The summed E-state index contributed by atoms with van der Waals surface area (Å²) in [5.41, 5.74) is 6.62. The molecular weight excluding hydrogens is 292 g/mol. The van der Waals surface area contributed by atoms with E-state index in [0.717, 1.165) is 25.6 Å². The molecule has 0 aromatic heterocycles. The molecule has 5 heteroatoms. The minimum atomic E-state index is 0.313. The molecule has 0 atom stereocenters. The first-order chi connectivity index (χ1) is 10.8. The SMILES string of the molecule is NC(=NCC1(N2CCCCC2)CCCCC1)N1CCSCC1. The van der Waals surface area contributed by atoms with Gasteiger partial charge in [-0.1, -0.05) is 25.7 Å². The maximum absolute atomic E-state index is 6.30. The van der Waals surface area contributed by atoms with Gasteiger partial charge >= 0.3 is 0 Å². The zero-order valence-electron chi connectivity index (χ0n) is 13.9. The van der Waals surface area contributed by atoms with Crippen molar-refractivity contribution in [3.63, 3.8) is 0 Å². The van der Waals surface area contributed by atoms with Gasteiger partial charge in [0.1, 0.15) is 0 Å². The second-order valence-electron chi connectivity index (χ2n) is 7.11. The zero-order chi connectivity index (χ0) is 15.3. The Hall–Kier alpha value is -0.420. The molecule has 4 nitrogen and oxygen atoms in total. The van der Waals surface area contributed by atoms with Gasteiger partial charge in [0.05, 0.1) is 6.54 Å². The number of guanidine groups is 1. The number of hydrogen-bond acceptors (Lipinski definition) is 3. The first-order valence-electron chi connectivity index (χ1n) is 9.18. The largest absolute Gasteiger partial charge is 0.370 e. The molecule has 22 heavy (non-hydrogen) atoms. The highest BCUT2D eigenvalue weighted by Gasteiger charge is 2.38. The lowest BCUT2D eigenvalue weighted by molar-refractivity contribution is 0.0406. The lowest BCUT2D eigenvalue weighted by Crippen LogP contribution is -2.55. The van der Waals surface area contributed by atoms with Gasteiger partial charge in [-0.15, -0.1) is 0 Å². The van der Waals surface area contributed by atoms with Gasteiger partial charge in [-0.3, -0.25) is 9.89 Å². The first kappa shape index (κ1) is 16.4. The summed E-state index contributed by atoms with van der Waals surface area (Å²) in [6, 6.07) is 0. The number of thioether (sulfide) groups is 1. The van der Waals surface area contributed by atoms with E-state index in [9.17, 15) is 0 Å². The van der Waals surface area contributed by atoms with Crippen molar-refractivity contribution in [3.05, 3.63) is 0 Å². The highest BCUT2D eigenvalue weighted by atomic mass is 32.2. The molecule has 0 aromatic rings. The zero-order valence-corrected chi connectivity index (χ0v) is 14.8. The van der Waals surface area contributed by atoms with Crippen molar-refractivity contribution in [1.82, 2.24) is 9.80 Å². The molecule has 126 valence electrons. The number of hydrogen-bond donors (Lipinski definition) is 1. The molecule has 2 saturated heterocycles. The Morgan fingerprint density at radius 2 is 1.55 bits per heavy atom. The summed E-state index contributed by atoms with van der Waals surface area (Å²) in [6.45, 7) is 5.60. The molecular formula is C17H32N4S. The van der Waals surface area contributed by atoms with E-state index >= 15 is 0 Å². The van der Waals surface area contributed by atoms with Gasteiger partial charge in [0, 0.05) is 30.1 Å². The summed E-state index contributed by atoms with van der Waals surface area (Å²) in [6.07, 6.45) is 10.9. The van der Waals surface area contributed by atoms with Crippen molar-refractivity contribution in [3.8, 4) is 0 Å². The van der Waals surface area contributed by atoms with Crippen molar-refractivity contribution in [2.24, 2.45) is 10.7 Å². The van der Waals surface area contributed by atoms with Crippen LogP contribution in [-0.4, -0.2) is 65.5 Å².